The Morgan fingerprint density at radius 3 is 2.38 bits per heavy atom. The zero-order valence-electron chi connectivity index (χ0n) is 8.41. The van der Waals surface area contributed by atoms with Crippen LogP contribution < -0.4 is 0 Å². The fourth-order valence-corrected chi connectivity index (χ4v) is 5.80. The van der Waals surface area contributed by atoms with Gasteiger partial charge in [-0.25, -0.2) is 0 Å². The molecule has 1 heterocycles. The zero-order valence-corrected chi connectivity index (χ0v) is 11.3. The van der Waals surface area contributed by atoms with Crippen molar-refractivity contribution in [1.29, 1.82) is 0 Å². The minimum absolute atomic E-state index is 1.37. The van der Waals surface area contributed by atoms with Gasteiger partial charge in [0.25, 0.3) is 0 Å². The van der Waals surface area contributed by atoms with Crippen LogP contribution in [0.3, 0.4) is 0 Å². The van der Waals surface area contributed by atoms with Gasteiger partial charge in [0.05, 0.1) is 0 Å². The predicted octanol–water partition coefficient (Wildman–Crippen LogP) is 3.32. The van der Waals surface area contributed by atoms with Crippen molar-refractivity contribution in [3.8, 4) is 0 Å². The van der Waals surface area contributed by atoms with Crippen molar-refractivity contribution >= 4 is 29.6 Å². The molecule has 0 bridgehead atoms. The Labute approximate surface area is 83.6 Å². The van der Waals surface area contributed by atoms with Crippen LogP contribution in [0.1, 0.15) is 0 Å². The molecule has 13 heavy (non-hydrogen) atoms. The molecule has 0 saturated heterocycles. The van der Waals surface area contributed by atoms with E-state index in [1.54, 1.807) is 0 Å². The number of nitrogens with zero attached hydrogens (tertiary/aromatic N) is 1. The molecular weight excluding hydrogens is 265 g/mol. The molecule has 0 radical (unpaired) electrons. The predicted molar refractivity (Wildman–Crippen MR) is 60.7 cm³/mol. The van der Waals surface area contributed by atoms with Gasteiger partial charge in [-0.1, -0.05) is 0 Å². The van der Waals surface area contributed by atoms with E-state index < -0.39 is 18.7 Å². The molecule has 0 amide bonds. The van der Waals surface area contributed by atoms with Gasteiger partial charge in [0, 0.05) is 0 Å². The molecule has 0 aliphatic rings. The molecule has 0 fully saturated rings. The molecule has 1 nitrogen and oxygen atoms in total. The summed E-state index contributed by atoms with van der Waals surface area (Å²) in [5, 5.41) is 1.37. The second-order valence-electron chi connectivity index (χ2n) is 4.42. The van der Waals surface area contributed by atoms with Crippen LogP contribution in [0.2, 0.25) is 14.8 Å². The van der Waals surface area contributed by atoms with Crippen molar-refractivity contribution in [1.82, 2.24) is 2.79 Å². The maximum atomic E-state index is 2.52. The molecule has 2 heteroatoms. The van der Waals surface area contributed by atoms with E-state index >= 15 is 0 Å². The van der Waals surface area contributed by atoms with Crippen LogP contribution in [0.5, 0.6) is 0 Å². The fourth-order valence-electron chi connectivity index (χ4n) is 1.67. The molecule has 0 saturated carbocycles. The summed E-state index contributed by atoms with van der Waals surface area (Å²) in [5.41, 5.74) is 1.41. The van der Waals surface area contributed by atoms with Gasteiger partial charge in [0.15, 0.2) is 0 Å². The monoisotopic (exact) mass is 281 g/mol. The van der Waals surface area contributed by atoms with Gasteiger partial charge in [-0.2, -0.15) is 0 Å². The summed E-state index contributed by atoms with van der Waals surface area (Å²) in [7, 11) is 0. The molecule has 0 aliphatic carbocycles. The van der Waals surface area contributed by atoms with Crippen LogP contribution in [0, 0.1) is 0 Å². The van der Waals surface area contributed by atoms with Crippen LogP contribution in [-0.2, 0) is 0 Å². The molecule has 0 aliphatic heterocycles. The topological polar surface area (TPSA) is 4.93 Å². The third-order valence-electron chi connectivity index (χ3n) is 2.32. The van der Waals surface area contributed by atoms with Crippen LogP contribution in [-0.4, -0.2) is 21.4 Å². The van der Waals surface area contributed by atoms with Crippen LogP contribution in [0.4, 0.5) is 0 Å². The van der Waals surface area contributed by atoms with Crippen LogP contribution >= 0.6 is 0 Å². The standard InChI is InChI=1S/C8H6N.3CH3.Sn/c1-2-4-8-7(3-1)5-6-9-8;;;;/h1-6H;3*1H3;/q-1;;;;+1. The van der Waals surface area contributed by atoms with E-state index in [4.69, 9.17) is 0 Å². The van der Waals surface area contributed by atoms with Gasteiger partial charge in [-0.05, 0) is 0 Å². The molecule has 0 unspecified atom stereocenters. The summed E-state index contributed by atoms with van der Waals surface area (Å²) in [6.45, 7) is 0. The Morgan fingerprint density at radius 2 is 1.69 bits per heavy atom. The average Bonchev–Trinajstić information content (AvgIpc) is 2.45. The first kappa shape index (κ1) is 9.13. The van der Waals surface area contributed by atoms with Gasteiger partial charge in [-0.3, -0.25) is 0 Å². The van der Waals surface area contributed by atoms with Gasteiger partial charge in [-0.15, -0.1) is 0 Å². The summed E-state index contributed by atoms with van der Waals surface area (Å²) in [6.07, 6.45) is 2.25. The molecule has 0 spiro atoms. The Balaban J connectivity index is 2.72. The molecule has 0 N–H and O–H groups in total. The minimum atomic E-state index is -1.94. The second-order valence-corrected chi connectivity index (χ2v) is 18.2. The number of hydrogen-bond acceptors (Lipinski definition) is 0. The van der Waals surface area contributed by atoms with E-state index in [-0.39, 0.29) is 0 Å². The van der Waals surface area contributed by atoms with Gasteiger partial charge in [0.1, 0.15) is 0 Å². The van der Waals surface area contributed by atoms with Crippen molar-refractivity contribution in [2.24, 2.45) is 0 Å². The molecule has 0 atom stereocenters. The van der Waals surface area contributed by atoms with E-state index in [1.807, 2.05) is 0 Å². The van der Waals surface area contributed by atoms with Crippen molar-refractivity contribution < 1.29 is 0 Å². The average molecular weight is 280 g/mol. The molecule has 1 aromatic heterocycles. The summed E-state index contributed by atoms with van der Waals surface area (Å²) < 4.78 is 2.52. The molecule has 2 aromatic rings. The van der Waals surface area contributed by atoms with Crippen molar-refractivity contribution in [2.75, 3.05) is 0 Å². The third kappa shape index (κ3) is 1.62. The third-order valence-corrected chi connectivity index (χ3v) is 7.56. The van der Waals surface area contributed by atoms with E-state index in [2.05, 4.69) is 54.1 Å². The summed E-state index contributed by atoms with van der Waals surface area (Å²) in [6, 6.07) is 10.8. The SMILES string of the molecule is [CH3][Sn]([CH3])([CH3])[n]1ccc2ccccc21. The quantitative estimate of drug-likeness (QED) is 0.706. The first-order valence-corrected chi connectivity index (χ1v) is 14.5. The number of rotatable bonds is 1. The van der Waals surface area contributed by atoms with Gasteiger partial charge < -0.3 is 0 Å². The zero-order chi connectivity index (χ0) is 9.47. The summed E-state index contributed by atoms with van der Waals surface area (Å²) in [5.74, 6) is 0. The Morgan fingerprint density at radius 1 is 1.00 bits per heavy atom. The first-order valence-electron chi connectivity index (χ1n) is 4.65. The summed E-state index contributed by atoms with van der Waals surface area (Å²) >= 11 is -1.94. The molecule has 68 valence electrons. The Hall–Kier alpha value is -0.441. The van der Waals surface area contributed by atoms with E-state index in [0.717, 1.165) is 0 Å². The maximum absolute atomic E-state index is 2.52. The molecule has 1 aromatic carbocycles. The van der Waals surface area contributed by atoms with Crippen LogP contribution in [0.25, 0.3) is 10.9 Å². The number of aromatic nitrogens is 1. The number of benzene rings is 1. The summed E-state index contributed by atoms with van der Waals surface area (Å²) in [4.78, 5) is 7.30. The molecule has 2 rings (SSSR count). The van der Waals surface area contributed by atoms with Gasteiger partial charge in [0.2, 0.25) is 0 Å². The fraction of sp³-hybridized carbons (Fsp3) is 0.273. The van der Waals surface area contributed by atoms with Crippen molar-refractivity contribution in [2.45, 2.75) is 14.8 Å². The number of hydrogen-bond donors (Lipinski definition) is 0. The Bertz CT molecular complexity index is 423. The van der Waals surface area contributed by atoms with E-state index in [9.17, 15) is 0 Å². The Kier molecular flexibility index (Phi) is 2.14. The van der Waals surface area contributed by atoms with Crippen LogP contribution in [0.15, 0.2) is 36.5 Å². The first-order chi connectivity index (χ1) is 6.09. The van der Waals surface area contributed by atoms with E-state index in [1.165, 1.54) is 10.9 Å². The second kappa shape index (κ2) is 3.05. The van der Waals surface area contributed by atoms with Gasteiger partial charge >= 0.3 is 83.7 Å². The van der Waals surface area contributed by atoms with Crippen molar-refractivity contribution in [3.63, 3.8) is 0 Å². The van der Waals surface area contributed by atoms with Crippen molar-refractivity contribution in [3.05, 3.63) is 36.5 Å². The number of fused-ring (bicyclic) bond motifs is 1. The molecular formula is C11H15NSn. The van der Waals surface area contributed by atoms with E-state index in [0.29, 0.717) is 0 Å². The number of para-hydroxylation sites is 1. The normalized spacial score (nSPS) is 12.2.